The van der Waals surface area contributed by atoms with Gasteiger partial charge in [0.15, 0.2) is 0 Å². The highest BCUT2D eigenvalue weighted by Gasteiger charge is 2.04. The van der Waals surface area contributed by atoms with Crippen LogP contribution in [-0.2, 0) is 0 Å². The molecule has 0 fully saturated rings. The molecule has 0 amide bonds. The Bertz CT molecular complexity index is 585. The SMILES string of the molecule is COc1ccc(OCCCCOc2cccc(Cl)c2Cl)cc1. The molecule has 22 heavy (non-hydrogen) atoms. The molecule has 118 valence electrons. The van der Waals surface area contributed by atoms with Gasteiger partial charge < -0.3 is 14.2 Å². The van der Waals surface area contributed by atoms with Gasteiger partial charge in [0.1, 0.15) is 22.3 Å². The second kappa shape index (κ2) is 8.76. The van der Waals surface area contributed by atoms with Crippen LogP contribution >= 0.6 is 23.2 Å². The van der Waals surface area contributed by atoms with Crippen molar-refractivity contribution >= 4 is 23.2 Å². The number of rotatable bonds is 8. The van der Waals surface area contributed by atoms with Crippen LogP contribution in [0.4, 0.5) is 0 Å². The molecule has 0 atom stereocenters. The van der Waals surface area contributed by atoms with Crippen molar-refractivity contribution in [3.05, 3.63) is 52.5 Å². The van der Waals surface area contributed by atoms with Gasteiger partial charge in [0.25, 0.3) is 0 Å². The van der Waals surface area contributed by atoms with Gasteiger partial charge >= 0.3 is 0 Å². The maximum absolute atomic E-state index is 6.05. The minimum Gasteiger partial charge on any atom is -0.497 e. The lowest BCUT2D eigenvalue weighted by atomic mass is 10.3. The van der Waals surface area contributed by atoms with Gasteiger partial charge in [-0.05, 0) is 49.2 Å². The number of unbranched alkanes of at least 4 members (excludes halogenated alkanes) is 1. The summed E-state index contributed by atoms with van der Waals surface area (Å²) in [5.41, 5.74) is 0. The maximum Gasteiger partial charge on any atom is 0.139 e. The van der Waals surface area contributed by atoms with Crippen molar-refractivity contribution in [2.45, 2.75) is 12.8 Å². The number of hydrogen-bond donors (Lipinski definition) is 0. The summed E-state index contributed by atoms with van der Waals surface area (Å²) in [4.78, 5) is 0. The zero-order chi connectivity index (χ0) is 15.8. The number of hydrogen-bond acceptors (Lipinski definition) is 3. The molecule has 0 saturated heterocycles. The van der Waals surface area contributed by atoms with E-state index in [2.05, 4.69) is 0 Å². The summed E-state index contributed by atoms with van der Waals surface area (Å²) in [5, 5.41) is 0.959. The van der Waals surface area contributed by atoms with Gasteiger partial charge in [-0.1, -0.05) is 29.3 Å². The quantitative estimate of drug-likeness (QED) is 0.615. The van der Waals surface area contributed by atoms with Crippen LogP contribution in [0.1, 0.15) is 12.8 Å². The van der Waals surface area contributed by atoms with Gasteiger partial charge in [-0.3, -0.25) is 0 Å². The average molecular weight is 341 g/mol. The zero-order valence-electron chi connectivity index (χ0n) is 12.4. The van der Waals surface area contributed by atoms with Gasteiger partial charge in [-0.2, -0.15) is 0 Å². The van der Waals surface area contributed by atoms with E-state index in [9.17, 15) is 0 Å². The standard InChI is InChI=1S/C17H18Cl2O3/c1-20-13-7-9-14(10-8-13)21-11-2-3-12-22-16-6-4-5-15(18)17(16)19/h4-10H,2-3,11-12H2,1H3. The number of ether oxygens (including phenoxy) is 3. The topological polar surface area (TPSA) is 27.7 Å². The summed E-state index contributed by atoms with van der Waals surface area (Å²) < 4.78 is 16.3. The molecule has 0 spiro atoms. The zero-order valence-corrected chi connectivity index (χ0v) is 13.9. The van der Waals surface area contributed by atoms with Crippen LogP contribution in [0.2, 0.25) is 10.0 Å². The average Bonchev–Trinajstić information content (AvgIpc) is 2.55. The number of benzene rings is 2. The second-order valence-corrected chi connectivity index (χ2v) is 5.42. The third kappa shape index (κ3) is 5.00. The van der Waals surface area contributed by atoms with E-state index in [4.69, 9.17) is 37.4 Å². The van der Waals surface area contributed by atoms with E-state index < -0.39 is 0 Å². The summed E-state index contributed by atoms with van der Waals surface area (Å²) in [6, 6.07) is 12.9. The van der Waals surface area contributed by atoms with E-state index in [1.54, 1.807) is 13.2 Å². The molecule has 0 radical (unpaired) electrons. The molecule has 0 heterocycles. The van der Waals surface area contributed by atoms with Crippen LogP contribution < -0.4 is 14.2 Å². The maximum atomic E-state index is 6.05. The van der Waals surface area contributed by atoms with E-state index in [1.165, 1.54) is 0 Å². The van der Waals surface area contributed by atoms with Crippen LogP contribution in [0.15, 0.2) is 42.5 Å². The Morgan fingerprint density at radius 2 is 1.45 bits per heavy atom. The Morgan fingerprint density at radius 1 is 0.818 bits per heavy atom. The van der Waals surface area contributed by atoms with Gasteiger partial charge in [-0.15, -0.1) is 0 Å². The first-order chi connectivity index (χ1) is 10.7. The predicted octanol–water partition coefficient (Wildman–Crippen LogP) is 5.24. The Labute approximate surface area is 140 Å². The molecule has 2 aromatic rings. The van der Waals surface area contributed by atoms with Crippen molar-refractivity contribution in [2.24, 2.45) is 0 Å². The molecule has 2 rings (SSSR count). The van der Waals surface area contributed by atoms with Crippen molar-refractivity contribution in [1.29, 1.82) is 0 Å². The third-order valence-electron chi connectivity index (χ3n) is 3.04. The summed E-state index contributed by atoms with van der Waals surface area (Å²) in [6.07, 6.45) is 1.77. The summed E-state index contributed by atoms with van der Waals surface area (Å²) in [6.45, 7) is 1.21. The Balaban J connectivity index is 1.64. The van der Waals surface area contributed by atoms with Gasteiger partial charge in [-0.25, -0.2) is 0 Å². The van der Waals surface area contributed by atoms with Gasteiger partial charge in [0.2, 0.25) is 0 Å². The Hall–Kier alpha value is -1.58. The summed E-state index contributed by atoms with van der Waals surface area (Å²) >= 11 is 12.0. The predicted molar refractivity (Wildman–Crippen MR) is 89.7 cm³/mol. The largest absolute Gasteiger partial charge is 0.497 e. The van der Waals surface area contributed by atoms with E-state index in [-0.39, 0.29) is 0 Å². The van der Waals surface area contributed by atoms with Gasteiger partial charge in [0.05, 0.1) is 25.3 Å². The van der Waals surface area contributed by atoms with Crippen LogP contribution in [0, 0.1) is 0 Å². The van der Waals surface area contributed by atoms with Crippen LogP contribution in [0.5, 0.6) is 17.2 Å². The van der Waals surface area contributed by atoms with Crippen LogP contribution in [-0.4, -0.2) is 20.3 Å². The highest BCUT2D eigenvalue weighted by atomic mass is 35.5. The second-order valence-electron chi connectivity index (χ2n) is 4.63. The number of halogens is 2. The molecule has 0 unspecified atom stereocenters. The molecule has 0 aliphatic rings. The first-order valence-electron chi connectivity index (χ1n) is 7.04. The fourth-order valence-electron chi connectivity index (χ4n) is 1.84. The number of methoxy groups -OCH3 is 1. The van der Waals surface area contributed by atoms with Crippen molar-refractivity contribution in [2.75, 3.05) is 20.3 Å². The highest BCUT2D eigenvalue weighted by molar-refractivity contribution is 6.42. The fraction of sp³-hybridized carbons (Fsp3) is 0.294. The molecule has 0 N–H and O–H groups in total. The lowest BCUT2D eigenvalue weighted by molar-refractivity contribution is 0.266. The third-order valence-corrected chi connectivity index (χ3v) is 3.84. The molecule has 2 aromatic carbocycles. The summed E-state index contributed by atoms with van der Waals surface area (Å²) in [5.74, 6) is 2.27. The molecule has 0 aliphatic carbocycles. The van der Waals surface area contributed by atoms with E-state index >= 15 is 0 Å². The van der Waals surface area contributed by atoms with Crippen molar-refractivity contribution in [3.63, 3.8) is 0 Å². The molecule has 0 bridgehead atoms. The Morgan fingerprint density at radius 3 is 2.14 bits per heavy atom. The highest BCUT2D eigenvalue weighted by Crippen LogP contribution is 2.31. The lowest BCUT2D eigenvalue weighted by Gasteiger charge is -2.09. The molecule has 3 nitrogen and oxygen atoms in total. The first kappa shape index (κ1) is 16.8. The molecule has 5 heteroatoms. The van der Waals surface area contributed by atoms with Crippen LogP contribution in [0.3, 0.4) is 0 Å². The van der Waals surface area contributed by atoms with Crippen molar-refractivity contribution in [3.8, 4) is 17.2 Å². The lowest BCUT2D eigenvalue weighted by Crippen LogP contribution is -2.02. The summed E-state index contributed by atoms with van der Waals surface area (Å²) in [7, 11) is 1.64. The molecule has 0 aliphatic heterocycles. The van der Waals surface area contributed by atoms with E-state index in [1.807, 2.05) is 36.4 Å². The smallest absolute Gasteiger partial charge is 0.139 e. The molecule has 0 aromatic heterocycles. The minimum atomic E-state index is 0.457. The molecule has 0 saturated carbocycles. The van der Waals surface area contributed by atoms with Gasteiger partial charge in [0, 0.05) is 0 Å². The van der Waals surface area contributed by atoms with Crippen molar-refractivity contribution < 1.29 is 14.2 Å². The monoisotopic (exact) mass is 340 g/mol. The fourth-order valence-corrected chi connectivity index (χ4v) is 2.19. The normalized spacial score (nSPS) is 10.3. The van der Waals surface area contributed by atoms with Crippen molar-refractivity contribution in [1.82, 2.24) is 0 Å². The van der Waals surface area contributed by atoms with E-state index in [0.717, 1.165) is 24.3 Å². The minimum absolute atomic E-state index is 0.457. The van der Waals surface area contributed by atoms with Crippen LogP contribution in [0.25, 0.3) is 0 Å². The molecular weight excluding hydrogens is 323 g/mol. The molecular formula is C17H18Cl2O3. The Kier molecular flexibility index (Phi) is 6.69. The van der Waals surface area contributed by atoms with E-state index in [0.29, 0.717) is 29.0 Å². The first-order valence-corrected chi connectivity index (χ1v) is 7.80.